The minimum absolute atomic E-state index is 0. The average molecular weight is 353 g/mol. The molecule has 130 valence electrons. The Labute approximate surface area is 146 Å². The molecular weight excluding hydrogens is 332 g/mol. The first-order valence-corrected chi connectivity index (χ1v) is 7.33. The second kappa shape index (κ2) is 9.69. The Kier molecular flexibility index (Phi) is 7.94. The third-order valence-corrected chi connectivity index (χ3v) is 3.19. The fraction of sp³-hybridized carbons (Fsp3) is 0.312. The van der Waals surface area contributed by atoms with Crippen molar-refractivity contribution in [3.63, 3.8) is 0 Å². The predicted octanol–water partition coefficient (Wildman–Crippen LogP) is 0.805. The number of amides is 2. The van der Waals surface area contributed by atoms with Crippen LogP contribution in [-0.4, -0.2) is 36.4 Å². The molecule has 2 aromatic rings. The van der Waals surface area contributed by atoms with Gasteiger partial charge in [0.15, 0.2) is 0 Å². The maximum absolute atomic E-state index is 11.5. The van der Waals surface area contributed by atoms with Gasteiger partial charge in [0.1, 0.15) is 6.26 Å². The second-order valence-corrected chi connectivity index (χ2v) is 5.09. The van der Waals surface area contributed by atoms with E-state index in [-0.39, 0.29) is 37.3 Å². The Morgan fingerprint density at radius 2 is 1.88 bits per heavy atom. The normalized spacial score (nSPS) is 9.92. The molecule has 0 spiro atoms. The summed E-state index contributed by atoms with van der Waals surface area (Å²) in [6, 6.07) is 7.89. The molecule has 7 nitrogen and oxygen atoms in total. The summed E-state index contributed by atoms with van der Waals surface area (Å²) >= 11 is 0. The van der Waals surface area contributed by atoms with Gasteiger partial charge in [-0.25, -0.2) is 4.98 Å². The molecule has 1 aromatic carbocycles. The monoisotopic (exact) mass is 352 g/mol. The Bertz CT molecular complexity index is 670. The number of benzene rings is 1. The van der Waals surface area contributed by atoms with E-state index >= 15 is 0 Å². The van der Waals surface area contributed by atoms with Crippen LogP contribution in [-0.2, 0) is 16.0 Å². The van der Waals surface area contributed by atoms with Crippen molar-refractivity contribution in [2.24, 2.45) is 5.73 Å². The molecule has 0 saturated carbocycles. The maximum Gasteiger partial charge on any atom is 0.239 e. The molecule has 0 bridgehead atoms. The van der Waals surface area contributed by atoms with Crippen LogP contribution in [0.3, 0.4) is 0 Å². The van der Waals surface area contributed by atoms with Crippen LogP contribution in [0.15, 0.2) is 34.9 Å². The first-order valence-electron chi connectivity index (χ1n) is 7.33. The van der Waals surface area contributed by atoms with Crippen LogP contribution in [0.2, 0.25) is 0 Å². The highest BCUT2D eigenvalue weighted by molar-refractivity contribution is 5.85. The van der Waals surface area contributed by atoms with Crippen molar-refractivity contribution in [3.05, 3.63) is 41.8 Å². The number of carbonyl (C=O) groups is 2. The Morgan fingerprint density at radius 3 is 2.54 bits per heavy atom. The molecule has 0 fully saturated rings. The smallest absolute Gasteiger partial charge is 0.239 e. The van der Waals surface area contributed by atoms with Crippen LogP contribution in [0.4, 0.5) is 0 Å². The third kappa shape index (κ3) is 6.02. The molecule has 8 heteroatoms. The summed E-state index contributed by atoms with van der Waals surface area (Å²) in [4.78, 5) is 26.8. The summed E-state index contributed by atoms with van der Waals surface area (Å²) in [7, 11) is 0. The Balaban J connectivity index is 0.00000288. The van der Waals surface area contributed by atoms with E-state index in [1.54, 1.807) is 6.26 Å². The summed E-state index contributed by atoms with van der Waals surface area (Å²) in [5.41, 5.74) is 7.97. The summed E-state index contributed by atoms with van der Waals surface area (Å²) in [5, 5.41) is 5.09. The van der Waals surface area contributed by atoms with Gasteiger partial charge >= 0.3 is 0 Å². The molecule has 0 atom stereocenters. The lowest BCUT2D eigenvalue weighted by molar-refractivity contribution is -0.125. The first kappa shape index (κ1) is 19.7. The van der Waals surface area contributed by atoms with Gasteiger partial charge in [0.05, 0.1) is 18.8 Å². The van der Waals surface area contributed by atoms with Crippen LogP contribution >= 0.6 is 12.4 Å². The zero-order valence-corrected chi connectivity index (χ0v) is 14.2. The molecule has 0 aliphatic rings. The number of hydrogen-bond donors (Lipinski definition) is 3. The van der Waals surface area contributed by atoms with E-state index in [0.717, 1.165) is 11.3 Å². The van der Waals surface area contributed by atoms with Crippen LogP contribution in [0.5, 0.6) is 0 Å². The number of nitrogens with zero attached hydrogens (tertiary/aromatic N) is 1. The van der Waals surface area contributed by atoms with Crippen molar-refractivity contribution in [2.45, 2.75) is 13.3 Å². The second-order valence-electron chi connectivity index (χ2n) is 5.09. The SMILES string of the molecule is Cc1ccc(-c2nc(CCNC(=O)CNC(=O)CN)co2)cc1.Cl. The van der Waals surface area contributed by atoms with E-state index in [1.165, 1.54) is 5.56 Å². The summed E-state index contributed by atoms with van der Waals surface area (Å²) in [5.74, 6) is -0.0741. The molecule has 24 heavy (non-hydrogen) atoms. The van der Waals surface area contributed by atoms with E-state index < -0.39 is 0 Å². The molecule has 4 N–H and O–H groups in total. The quantitative estimate of drug-likeness (QED) is 0.682. The van der Waals surface area contributed by atoms with Gasteiger partial charge in [-0.3, -0.25) is 9.59 Å². The zero-order chi connectivity index (χ0) is 16.7. The standard InChI is InChI=1S/C16H20N4O3.ClH/c1-11-2-4-12(5-3-11)16-20-13(10-23-16)6-7-18-15(22)9-19-14(21)8-17;/h2-5,10H,6-9,17H2,1H3,(H,18,22)(H,19,21);1H. The summed E-state index contributed by atoms with van der Waals surface area (Å²) < 4.78 is 5.45. The van der Waals surface area contributed by atoms with Gasteiger partial charge in [-0.2, -0.15) is 0 Å². The number of rotatable bonds is 7. The Morgan fingerprint density at radius 1 is 1.17 bits per heavy atom. The minimum atomic E-state index is -0.362. The molecular formula is C16H21ClN4O3. The highest BCUT2D eigenvalue weighted by atomic mass is 35.5. The molecule has 2 rings (SSSR count). The zero-order valence-electron chi connectivity index (χ0n) is 13.4. The van der Waals surface area contributed by atoms with Crippen molar-refractivity contribution >= 4 is 24.2 Å². The van der Waals surface area contributed by atoms with Gasteiger partial charge in [-0.15, -0.1) is 12.4 Å². The molecule has 1 aromatic heterocycles. The lowest BCUT2D eigenvalue weighted by atomic mass is 10.1. The first-order chi connectivity index (χ1) is 11.1. The molecule has 0 unspecified atom stereocenters. The summed E-state index contributed by atoms with van der Waals surface area (Å²) in [6.07, 6.45) is 2.13. The van der Waals surface area contributed by atoms with Gasteiger partial charge in [0, 0.05) is 18.5 Å². The van der Waals surface area contributed by atoms with Crippen molar-refractivity contribution < 1.29 is 14.0 Å². The van der Waals surface area contributed by atoms with Crippen molar-refractivity contribution in [1.82, 2.24) is 15.6 Å². The van der Waals surface area contributed by atoms with E-state index in [4.69, 9.17) is 10.2 Å². The van der Waals surface area contributed by atoms with Crippen molar-refractivity contribution in [3.8, 4) is 11.5 Å². The van der Waals surface area contributed by atoms with Gasteiger partial charge in [-0.05, 0) is 19.1 Å². The number of aryl methyl sites for hydroxylation is 1. The lowest BCUT2D eigenvalue weighted by Crippen LogP contribution is -2.40. The maximum atomic E-state index is 11.5. The van der Waals surface area contributed by atoms with Crippen LogP contribution < -0.4 is 16.4 Å². The van der Waals surface area contributed by atoms with Gasteiger partial charge in [0.25, 0.3) is 0 Å². The minimum Gasteiger partial charge on any atom is -0.444 e. The number of halogens is 1. The number of oxazole rings is 1. The predicted molar refractivity (Wildman–Crippen MR) is 92.7 cm³/mol. The van der Waals surface area contributed by atoms with E-state index in [2.05, 4.69) is 15.6 Å². The van der Waals surface area contributed by atoms with E-state index in [0.29, 0.717) is 18.9 Å². The average Bonchev–Trinajstić information content (AvgIpc) is 3.02. The fourth-order valence-corrected chi connectivity index (χ4v) is 1.89. The molecule has 0 radical (unpaired) electrons. The number of nitrogens with one attached hydrogen (secondary N) is 2. The topological polar surface area (TPSA) is 110 Å². The number of nitrogens with two attached hydrogens (primary N) is 1. The highest BCUT2D eigenvalue weighted by Gasteiger charge is 2.08. The van der Waals surface area contributed by atoms with E-state index in [1.807, 2.05) is 31.2 Å². The molecule has 0 aliphatic carbocycles. The van der Waals surface area contributed by atoms with Crippen molar-refractivity contribution in [1.29, 1.82) is 0 Å². The largest absolute Gasteiger partial charge is 0.444 e. The molecule has 0 saturated heterocycles. The number of aromatic nitrogens is 1. The van der Waals surface area contributed by atoms with Crippen LogP contribution in [0, 0.1) is 6.92 Å². The van der Waals surface area contributed by atoms with Crippen LogP contribution in [0.25, 0.3) is 11.5 Å². The fourth-order valence-electron chi connectivity index (χ4n) is 1.89. The number of hydrogen-bond acceptors (Lipinski definition) is 5. The third-order valence-electron chi connectivity index (χ3n) is 3.19. The van der Waals surface area contributed by atoms with Crippen molar-refractivity contribution in [2.75, 3.05) is 19.6 Å². The molecule has 1 heterocycles. The lowest BCUT2D eigenvalue weighted by Gasteiger charge is -2.04. The molecule has 0 aliphatic heterocycles. The van der Waals surface area contributed by atoms with Gasteiger partial charge < -0.3 is 20.8 Å². The molecule has 2 amide bonds. The number of carbonyl (C=O) groups excluding carboxylic acids is 2. The van der Waals surface area contributed by atoms with Gasteiger partial charge in [-0.1, -0.05) is 17.7 Å². The summed E-state index contributed by atoms with van der Waals surface area (Å²) in [6.45, 7) is 2.22. The highest BCUT2D eigenvalue weighted by Crippen LogP contribution is 2.19. The van der Waals surface area contributed by atoms with E-state index in [9.17, 15) is 9.59 Å². The van der Waals surface area contributed by atoms with Gasteiger partial charge in [0.2, 0.25) is 17.7 Å². The van der Waals surface area contributed by atoms with Crippen LogP contribution in [0.1, 0.15) is 11.3 Å². The Hall–Kier alpha value is -2.38.